The minimum Gasteiger partial charge on any atom is -0.364 e. The molecule has 4 heteroatoms. The lowest BCUT2D eigenvalue weighted by Gasteiger charge is -2.34. The van der Waals surface area contributed by atoms with Gasteiger partial charge >= 0.3 is 0 Å². The van der Waals surface area contributed by atoms with E-state index in [2.05, 4.69) is 35.2 Å². The lowest BCUT2D eigenvalue weighted by atomic mass is 9.91. The molecule has 3 heterocycles. The lowest BCUT2D eigenvalue weighted by Crippen LogP contribution is -2.43. The van der Waals surface area contributed by atoms with Crippen molar-refractivity contribution in [3.63, 3.8) is 0 Å². The third-order valence-electron chi connectivity index (χ3n) is 5.89. The van der Waals surface area contributed by atoms with Crippen molar-refractivity contribution in [3.8, 4) is 0 Å². The molecule has 1 aromatic carbocycles. The zero-order valence-electron chi connectivity index (χ0n) is 14.4. The first kappa shape index (κ1) is 16.1. The van der Waals surface area contributed by atoms with Gasteiger partial charge in [0.05, 0.1) is 6.10 Å². The molecule has 3 saturated heterocycles. The van der Waals surface area contributed by atoms with Crippen molar-refractivity contribution < 1.29 is 9.53 Å². The number of benzene rings is 1. The normalized spacial score (nSPS) is 30.5. The van der Waals surface area contributed by atoms with Gasteiger partial charge in [0.1, 0.15) is 6.10 Å². The molecule has 3 aliphatic heterocycles. The van der Waals surface area contributed by atoms with Crippen molar-refractivity contribution in [2.75, 3.05) is 32.7 Å². The summed E-state index contributed by atoms with van der Waals surface area (Å²) in [6.07, 6.45) is 5.58. The zero-order valence-corrected chi connectivity index (χ0v) is 14.4. The number of piperidine rings is 1. The standard InChI is InChI=1S/C20H28N2O2/c23-20(22-10-4-5-11-22)18-14-17-9-13-21(15-19(17)24-18)12-8-16-6-2-1-3-7-16/h1-3,6-7,17-19H,4-5,8-15H2/t17-,18-,19-/m0/s1. The number of fused-ring (bicyclic) bond motifs is 1. The molecular weight excluding hydrogens is 300 g/mol. The van der Waals surface area contributed by atoms with Gasteiger partial charge in [-0.3, -0.25) is 4.79 Å². The van der Waals surface area contributed by atoms with Crippen molar-refractivity contribution in [2.24, 2.45) is 5.92 Å². The van der Waals surface area contributed by atoms with Crippen LogP contribution in [0.4, 0.5) is 0 Å². The first-order chi connectivity index (χ1) is 11.8. The van der Waals surface area contributed by atoms with Gasteiger partial charge in [0.2, 0.25) is 0 Å². The molecule has 3 aliphatic rings. The quantitative estimate of drug-likeness (QED) is 0.850. The van der Waals surface area contributed by atoms with E-state index in [9.17, 15) is 4.79 Å². The average molecular weight is 328 g/mol. The van der Waals surface area contributed by atoms with E-state index >= 15 is 0 Å². The number of amides is 1. The molecule has 0 bridgehead atoms. The van der Waals surface area contributed by atoms with Crippen LogP contribution < -0.4 is 0 Å². The fraction of sp³-hybridized carbons (Fsp3) is 0.650. The highest BCUT2D eigenvalue weighted by Gasteiger charge is 2.43. The second-order valence-corrected chi connectivity index (χ2v) is 7.52. The van der Waals surface area contributed by atoms with Crippen LogP contribution in [-0.2, 0) is 16.0 Å². The Hall–Kier alpha value is -1.39. The van der Waals surface area contributed by atoms with E-state index in [1.54, 1.807) is 0 Å². The molecule has 24 heavy (non-hydrogen) atoms. The summed E-state index contributed by atoms with van der Waals surface area (Å²) in [6, 6.07) is 10.7. The number of hydrogen-bond acceptors (Lipinski definition) is 3. The van der Waals surface area contributed by atoms with E-state index in [1.807, 2.05) is 4.90 Å². The first-order valence-electron chi connectivity index (χ1n) is 9.50. The number of hydrogen-bond donors (Lipinski definition) is 0. The van der Waals surface area contributed by atoms with Gasteiger partial charge < -0.3 is 14.5 Å². The zero-order chi connectivity index (χ0) is 16.4. The number of carbonyl (C=O) groups is 1. The molecule has 0 N–H and O–H groups in total. The van der Waals surface area contributed by atoms with Crippen molar-refractivity contribution in [1.29, 1.82) is 0 Å². The Kier molecular flexibility index (Phi) is 4.86. The summed E-state index contributed by atoms with van der Waals surface area (Å²) in [5, 5.41) is 0. The first-order valence-corrected chi connectivity index (χ1v) is 9.50. The largest absolute Gasteiger partial charge is 0.364 e. The van der Waals surface area contributed by atoms with Gasteiger partial charge in [-0.25, -0.2) is 0 Å². The van der Waals surface area contributed by atoms with E-state index in [0.717, 1.165) is 58.4 Å². The van der Waals surface area contributed by atoms with Crippen LogP contribution in [0.3, 0.4) is 0 Å². The van der Waals surface area contributed by atoms with Crippen LogP contribution in [0, 0.1) is 5.92 Å². The van der Waals surface area contributed by atoms with E-state index in [-0.39, 0.29) is 18.1 Å². The second kappa shape index (κ2) is 7.24. The summed E-state index contributed by atoms with van der Waals surface area (Å²) in [5.74, 6) is 0.826. The summed E-state index contributed by atoms with van der Waals surface area (Å²) in [7, 11) is 0. The van der Waals surface area contributed by atoms with Crippen LogP contribution >= 0.6 is 0 Å². The summed E-state index contributed by atoms with van der Waals surface area (Å²) >= 11 is 0. The van der Waals surface area contributed by atoms with E-state index in [0.29, 0.717) is 5.92 Å². The van der Waals surface area contributed by atoms with E-state index in [1.165, 1.54) is 12.0 Å². The Balaban J connectivity index is 1.28. The number of rotatable bonds is 4. The number of ether oxygens (including phenoxy) is 1. The van der Waals surface area contributed by atoms with E-state index < -0.39 is 0 Å². The predicted molar refractivity (Wildman–Crippen MR) is 93.8 cm³/mol. The van der Waals surface area contributed by atoms with Crippen LogP contribution in [0.2, 0.25) is 0 Å². The molecule has 0 unspecified atom stereocenters. The maximum absolute atomic E-state index is 12.6. The van der Waals surface area contributed by atoms with Gasteiger partial charge in [-0.05, 0) is 50.1 Å². The molecule has 3 atom stereocenters. The predicted octanol–water partition coefficient (Wildman–Crippen LogP) is 2.33. The summed E-state index contributed by atoms with van der Waals surface area (Å²) in [5.41, 5.74) is 1.40. The molecule has 4 rings (SSSR count). The highest BCUT2D eigenvalue weighted by Crippen LogP contribution is 2.34. The van der Waals surface area contributed by atoms with Gasteiger partial charge in [0.25, 0.3) is 5.91 Å². The number of carbonyl (C=O) groups excluding carboxylic acids is 1. The molecule has 3 fully saturated rings. The molecule has 0 aromatic heterocycles. The fourth-order valence-corrected chi connectivity index (χ4v) is 4.43. The van der Waals surface area contributed by atoms with Gasteiger partial charge in [0, 0.05) is 26.2 Å². The third kappa shape index (κ3) is 3.50. The SMILES string of the molecule is O=C([C@@H]1C[C@@H]2CCN(CCc3ccccc3)C[C@@H]2O1)N1CCCC1. The Bertz CT molecular complexity index is 556. The number of nitrogens with zero attached hydrogens (tertiary/aromatic N) is 2. The number of likely N-dealkylation sites (tertiary alicyclic amines) is 2. The van der Waals surface area contributed by atoms with Crippen LogP contribution in [0.1, 0.15) is 31.2 Å². The molecule has 0 aliphatic carbocycles. The maximum atomic E-state index is 12.6. The molecule has 4 nitrogen and oxygen atoms in total. The van der Waals surface area contributed by atoms with Crippen molar-refractivity contribution in [3.05, 3.63) is 35.9 Å². The Morgan fingerprint density at radius 2 is 1.92 bits per heavy atom. The average Bonchev–Trinajstić information content (AvgIpc) is 3.29. The van der Waals surface area contributed by atoms with Crippen molar-refractivity contribution in [2.45, 2.75) is 44.3 Å². The van der Waals surface area contributed by atoms with Gasteiger partial charge in [-0.1, -0.05) is 30.3 Å². The highest BCUT2D eigenvalue weighted by molar-refractivity contribution is 5.81. The molecule has 130 valence electrons. The smallest absolute Gasteiger partial charge is 0.251 e. The van der Waals surface area contributed by atoms with Gasteiger partial charge in [-0.2, -0.15) is 0 Å². The summed E-state index contributed by atoms with van der Waals surface area (Å²) in [4.78, 5) is 17.1. The highest BCUT2D eigenvalue weighted by atomic mass is 16.5. The van der Waals surface area contributed by atoms with Crippen LogP contribution in [0.5, 0.6) is 0 Å². The third-order valence-corrected chi connectivity index (χ3v) is 5.89. The topological polar surface area (TPSA) is 32.8 Å². The molecule has 1 aromatic rings. The Morgan fingerprint density at radius 3 is 2.71 bits per heavy atom. The molecule has 0 spiro atoms. The molecule has 0 saturated carbocycles. The van der Waals surface area contributed by atoms with Crippen LogP contribution in [0.25, 0.3) is 0 Å². The maximum Gasteiger partial charge on any atom is 0.251 e. The Morgan fingerprint density at radius 1 is 1.12 bits per heavy atom. The minimum atomic E-state index is -0.174. The summed E-state index contributed by atoms with van der Waals surface area (Å²) in [6.45, 7) is 5.07. The monoisotopic (exact) mass is 328 g/mol. The minimum absolute atomic E-state index is 0.174. The molecule has 0 radical (unpaired) electrons. The summed E-state index contributed by atoms with van der Waals surface area (Å²) < 4.78 is 6.19. The van der Waals surface area contributed by atoms with Gasteiger partial charge in [0.15, 0.2) is 0 Å². The molecular formula is C20H28N2O2. The van der Waals surface area contributed by atoms with Gasteiger partial charge in [-0.15, -0.1) is 0 Å². The second-order valence-electron chi connectivity index (χ2n) is 7.52. The van der Waals surface area contributed by atoms with Crippen LogP contribution in [0.15, 0.2) is 30.3 Å². The fourth-order valence-electron chi connectivity index (χ4n) is 4.43. The van der Waals surface area contributed by atoms with Crippen LogP contribution in [-0.4, -0.2) is 60.6 Å². The lowest BCUT2D eigenvalue weighted by molar-refractivity contribution is -0.142. The molecule has 1 amide bonds. The van der Waals surface area contributed by atoms with Crippen molar-refractivity contribution in [1.82, 2.24) is 9.80 Å². The Labute approximate surface area is 144 Å². The van der Waals surface area contributed by atoms with E-state index in [4.69, 9.17) is 4.74 Å². The van der Waals surface area contributed by atoms with Crippen molar-refractivity contribution >= 4 is 5.91 Å².